The molecule has 0 amide bonds. The van der Waals surface area contributed by atoms with Crippen molar-refractivity contribution in [2.75, 3.05) is 13.1 Å². The molecule has 6 heteroatoms. The Kier molecular flexibility index (Phi) is 5.37. The second-order valence-corrected chi connectivity index (χ2v) is 7.88. The lowest BCUT2D eigenvalue weighted by Crippen LogP contribution is -2.41. The van der Waals surface area contributed by atoms with Crippen LogP contribution >= 0.6 is 11.3 Å². The maximum atomic E-state index is 13.5. The first-order valence-corrected chi connectivity index (χ1v) is 9.55. The Balaban J connectivity index is 1.64. The summed E-state index contributed by atoms with van der Waals surface area (Å²) < 4.78 is 13.5. The summed E-state index contributed by atoms with van der Waals surface area (Å²) in [5, 5.41) is 7.73. The second-order valence-electron chi connectivity index (χ2n) is 6.59. The Labute approximate surface area is 152 Å². The monoisotopic (exact) mass is 360 g/mol. The molecule has 1 heterocycles. The molecule has 0 atom stereocenters. The third kappa shape index (κ3) is 4.37. The van der Waals surface area contributed by atoms with Crippen LogP contribution in [0.15, 0.2) is 29.3 Å². The molecule has 2 aromatic rings. The van der Waals surface area contributed by atoms with Gasteiger partial charge in [0.2, 0.25) is 0 Å². The number of halogens is 1. The van der Waals surface area contributed by atoms with Gasteiger partial charge in [0.05, 0.1) is 12.2 Å². The number of aryl methyl sites for hydroxylation is 2. The van der Waals surface area contributed by atoms with Crippen LogP contribution in [-0.4, -0.2) is 24.0 Å². The van der Waals surface area contributed by atoms with Gasteiger partial charge in [-0.1, -0.05) is 12.1 Å². The van der Waals surface area contributed by atoms with Crippen LogP contribution in [0.4, 0.5) is 4.39 Å². The Morgan fingerprint density at radius 1 is 1.32 bits per heavy atom. The molecule has 0 spiro atoms. The number of aromatic nitrogens is 1. The Morgan fingerprint density at radius 3 is 2.72 bits per heavy atom. The van der Waals surface area contributed by atoms with Crippen LogP contribution in [0.3, 0.4) is 0 Å². The standard InChI is InChI=1S/C19H25FN4S/c1-4-21-18(22-11-17-24-13(2)14(3)25-17)23-12-19(8-9-19)15-6-5-7-16(20)10-15/h5-7,10H,4,8-9,11-12H2,1-3H3,(H2,21,22,23). The fraction of sp³-hybridized carbons (Fsp3) is 0.474. The largest absolute Gasteiger partial charge is 0.357 e. The van der Waals surface area contributed by atoms with Crippen LogP contribution in [0.1, 0.15) is 40.9 Å². The molecule has 25 heavy (non-hydrogen) atoms. The van der Waals surface area contributed by atoms with E-state index < -0.39 is 0 Å². The van der Waals surface area contributed by atoms with Crippen LogP contribution < -0.4 is 10.6 Å². The van der Waals surface area contributed by atoms with Crippen LogP contribution in [0.2, 0.25) is 0 Å². The minimum absolute atomic E-state index is 0.0344. The number of benzene rings is 1. The highest BCUT2D eigenvalue weighted by atomic mass is 32.1. The number of thiazole rings is 1. The molecule has 134 valence electrons. The molecular weight excluding hydrogens is 335 g/mol. The Bertz CT molecular complexity index is 745. The number of guanidine groups is 1. The first kappa shape index (κ1) is 17.9. The van der Waals surface area contributed by atoms with E-state index in [2.05, 4.69) is 27.5 Å². The summed E-state index contributed by atoms with van der Waals surface area (Å²) in [5.74, 6) is 0.620. The van der Waals surface area contributed by atoms with E-state index in [9.17, 15) is 4.39 Å². The van der Waals surface area contributed by atoms with E-state index in [4.69, 9.17) is 0 Å². The predicted molar refractivity (Wildman–Crippen MR) is 102 cm³/mol. The lowest BCUT2D eigenvalue weighted by molar-refractivity contribution is 0.607. The molecule has 0 aliphatic heterocycles. The highest BCUT2D eigenvalue weighted by Crippen LogP contribution is 2.47. The van der Waals surface area contributed by atoms with Crippen LogP contribution in [0, 0.1) is 19.7 Å². The smallest absolute Gasteiger partial charge is 0.191 e. The zero-order valence-electron chi connectivity index (χ0n) is 15.0. The number of rotatable bonds is 6. The van der Waals surface area contributed by atoms with E-state index in [1.165, 1.54) is 10.9 Å². The summed E-state index contributed by atoms with van der Waals surface area (Å²) in [6.07, 6.45) is 2.15. The van der Waals surface area contributed by atoms with Gasteiger partial charge in [0, 0.05) is 23.4 Å². The van der Waals surface area contributed by atoms with Crippen molar-refractivity contribution >= 4 is 17.3 Å². The van der Waals surface area contributed by atoms with Crippen LogP contribution in [0.25, 0.3) is 0 Å². The molecule has 1 aromatic carbocycles. The van der Waals surface area contributed by atoms with Crippen molar-refractivity contribution < 1.29 is 4.39 Å². The number of nitrogens with one attached hydrogen (secondary N) is 2. The quantitative estimate of drug-likeness (QED) is 0.610. The zero-order chi connectivity index (χ0) is 17.9. The van der Waals surface area contributed by atoms with E-state index >= 15 is 0 Å². The Hall–Kier alpha value is -1.95. The summed E-state index contributed by atoms with van der Waals surface area (Å²) in [4.78, 5) is 10.4. The molecule has 1 aromatic heterocycles. The van der Waals surface area contributed by atoms with Gasteiger partial charge in [-0.2, -0.15) is 0 Å². The fourth-order valence-electron chi connectivity index (χ4n) is 2.88. The van der Waals surface area contributed by atoms with Crippen molar-refractivity contribution in [3.8, 4) is 0 Å². The van der Waals surface area contributed by atoms with Gasteiger partial charge in [-0.3, -0.25) is 0 Å². The minimum atomic E-state index is -0.168. The highest BCUT2D eigenvalue weighted by Gasteiger charge is 2.44. The van der Waals surface area contributed by atoms with Gasteiger partial charge in [-0.05, 0) is 51.3 Å². The summed E-state index contributed by atoms with van der Waals surface area (Å²) >= 11 is 1.69. The van der Waals surface area contributed by atoms with Gasteiger partial charge in [0.25, 0.3) is 0 Å². The van der Waals surface area contributed by atoms with Crippen LogP contribution in [-0.2, 0) is 12.0 Å². The number of nitrogens with zero attached hydrogens (tertiary/aromatic N) is 2. The number of aliphatic imine (C=N–C) groups is 1. The lowest BCUT2D eigenvalue weighted by Gasteiger charge is -2.19. The highest BCUT2D eigenvalue weighted by molar-refractivity contribution is 7.11. The van der Waals surface area contributed by atoms with Crippen molar-refractivity contribution in [2.45, 2.75) is 45.6 Å². The lowest BCUT2D eigenvalue weighted by atomic mass is 9.96. The molecule has 2 N–H and O–H groups in total. The number of hydrogen-bond donors (Lipinski definition) is 2. The Morgan fingerprint density at radius 2 is 2.12 bits per heavy atom. The molecule has 0 unspecified atom stereocenters. The molecular formula is C19H25FN4S. The van der Waals surface area contributed by atoms with E-state index in [0.717, 1.165) is 48.2 Å². The van der Waals surface area contributed by atoms with Gasteiger partial charge in [0.15, 0.2) is 5.96 Å². The molecule has 4 nitrogen and oxygen atoms in total. The zero-order valence-corrected chi connectivity index (χ0v) is 15.8. The SMILES string of the molecule is CCNC(=NCc1nc(C)c(C)s1)NCC1(c2cccc(F)c2)CC1. The molecule has 1 aliphatic carbocycles. The molecule has 1 fully saturated rings. The van der Waals surface area contributed by atoms with Gasteiger partial charge >= 0.3 is 0 Å². The molecule has 1 aliphatic rings. The van der Waals surface area contributed by atoms with Crippen molar-refractivity contribution in [1.82, 2.24) is 15.6 Å². The van der Waals surface area contributed by atoms with E-state index in [0.29, 0.717) is 6.54 Å². The maximum Gasteiger partial charge on any atom is 0.191 e. The van der Waals surface area contributed by atoms with Crippen molar-refractivity contribution in [2.24, 2.45) is 4.99 Å². The maximum absolute atomic E-state index is 13.5. The number of hydrogen-bond acceptors (Lipinski definition) is 3. The third-order valence-corrected chi connectivity index (χ3v) is 5.73. The van der Waals surface area contributed by atoms with Gasteiger partial charge in [0.1, 0.15) is 10.8 Å². The van der Waals surface area contributed by atoms with Gasteiger partial charge in [-0.25, -0.2) is 14.4 Å². The normalized spacial score (nSPS) is 15.9. The average Bonchev–Trinajstić information content (AvgIpc) is 3.31. The third-order valence-electron chi connectivity index (χ3n) is 4.67. The second kappa shape index (κ2) is 7.52. The molecule has 0 saturated heterocycles. The summed E-state index contributed by atoms with van der Waals surface area (Å²) in [6, 6.07) is 6.95. The van der Waals surface area contributed by atoms with Crippen molar-refractivity contribution in [3.05, 3.63) is 51.2 Å². The van der Waals surface area contributed by atoms with Crippen molar-refractivity contribution in [3.63, 3.8) is 0 Å². The molecule has 0 radical (unpaired) electrons. The van der Waals surface area contributed by atoms with E-state index in [1.54, 1.807) is 23.5 Å². The average molecular weight is 361 g/mol. The first-order chi connectivity index (χ1) is 12.0. The first-order valence-electron chi connectivity index (χ1n) is 8.73. The molecule has 3 rings (SSSR count). The van der Waals surface area contributed by atoms with Crippen molar-refractivity contribution in [1.29, 1.82) is 0 Å². The molecule has 1 saturated carbocycles. The van der Waals surface area contributed by atoms with E-state index in [1.807, 2.05) is 19.9 Å². The topological polar surface area (TPSA) is 49.3 Å². The minimum Gasteiger partial charge on any atom is -0.357 e. The molecule has 0 bridgehead atoms. The summed E-state index contributed by atoms with van der Waals surface area (Å²) in [6.45, 7) is 8.29. The summed E-state index contributed by atoms with van der Waals surface area (Å²) in [7, 11) is 0. The fourth-order valence-corrected chi connectivity index (χ4v) is 3.74. The van der Waals surface area contributed by atoms with Crippen LogP contribution in [0.5, 0.6) is 0 Å². The van der Waals surface area contributed by atoms with E-state index in [-0.39, 0.29) is 11.2 Å². The predicted octanol–water partition coefficient (Wildman–Crippen LogP) is 3.69. The summed E-state index contributed by atoms with van der Waals surface area (Å²) in [5.41, 5.74) is 2.19. The van der Waals surface area contributed by atoms with Gasteiger partial charge in [-0.15, -0.1) is 11.3 Å². The van der Waals surface area contributed by atoms with Gasteiger partial charge < -0.3 is 10.6 Å².